The summed E-state index contributed by atoms with van der Waals surface area (Å²) in [4.78, 5) is 16.1. The maximum atomic E-state index is 11.7. The second-order valence-corrected chi connectivity index (χ2v) is 6.45. The molecule has 0 saturated carbocycles. The van der Waals surface area contributed by atoms with E-state index in [0.29, 0.717) is 11.8 Å². The van der Waals surface area contributed by atoms with Crippen LogP contribution in [0.4, 0.5) is 5.69 Å². The Kier molecular flexibility index (Phi) is 2.82. The molecule has 1 amide bonds. The highest BCUT2D eigenvalue weighted by molar-refractivity contribution is 5.95. The van der Waals surface area contributed by atoms with Gasteiger partial charge in [0.15, 0.2) is 0 Å². The summed E-state index contributed by atoms with van der Waals surface area (Å²) >= 11 is 0. The second-order valence-electron chi connectivity index (χ2n) is 6.45. The van der Waals surface area contributed by atoms with E-state index in [1.807, 2.05) is 4.90 Å². The number of rotatable bonds is 3. The number of anilines is 1. The third-order valence-corrected chi connectivity index (χ3v) is 4.66. The van der Waals surface area contributed by atoms with Gasteiger partial charge in [-0.3, -0.25) is 9.69 Å². The van der Waals surface area contributed by atoms with Crippen molar-refractivity contribution in [2.24, 2.45) is 5.41 Å². The maximum Gasteiger partial charge on any atom is 0.227 e. The zero-order valence-electron chi connectivity index (χ0n) is 11.7. The summed E-state index contributed by atoms with van der Waals surface area (Å²) < 4.78 is 5.30. The first-order chi connectivity index (χ1) is 9.74. The van der Waals surface area contributed by atoms with Crippen LogP contribution in [0.3, 0.4) is 0 Å². The van der Waals surface area contributed by atoms with Gasteiger partial charge in [-0.25, -0.2) is 0 Å². The average molecular weight is 272 g/mol. The molecule has 0 radical (unpaired) electrons. The molecular weight excluding hydrogens is 252 g/mol. The van der Waals surface area contributed by atoms with Gasteiger partial charge in [-0.2, -0.15) is 0 Å². The zero-order valence-corrected chi connectivity index (χ0v) is 11.7. The summed E-state index contributed by atoms with van der Waals surface area (Å²) in [6.07, 6.45) is 1.68. The molecule has 1 aromatic carbocycles. The van der Waals surface area contributed by atoms with E-state index in [0.717, 1.165) is 38.4 Å². The Morgan fingerprint density at radius 3 is 2.45 bits per heavy atom. The summed E-state index contributed by atoms with van der Waals surface area (Å²) in [5.41, 5.74) is 2.86. The Morgan fingerprint density at radius 1 is 1.15 bits per heavy atom. The molecule has 0 unspecified atom stereocenters. The normalized spacial score (nSPS) is 24.8. The highest BCUT2D eigenvalue weighted by Gasteiger charge is 2.48. The molecule has 3 fully saturated rings. The Balaban J connectivity index is 1.37. The largest absolute Gasteiger partial charge is 0.380 e. The van der Waals surface area contributed by atoms with E-state index in [2.05, 4.69) is 29.2 Å². The minimum atomic E-state index is 0.257. The summed E-state index contributed by atoms with van der Waals surface area (Å²) in [6, 6.07) is 8.48. The molecule has 0 aromatic heterocycles. The van der Waals surface area contributed by atoms with Gasteiger partial charge in [0, 0.05) is 43.7 Å². The Hall–Kier alpha value is -1.39. The number of hydrogen-bond acceptors (Lipinski definition) is 3. The SMILES string of the molecule is O=C1CCCN1c1ccc(CN2CC3(COC3)C2)cc1. The Bertz CT molecular complexity index is 514. The molecule has 3 saturated heterocycles. The quantitative estimate of drug-likeness (QED) is 0.838. The lowest BCUT2D eigenvalue weighted by molar-refractivity contribution is -0.191. The number of ether oxygens (including phenoxy) is 1. The summed E-state index contributed by atoms with van der Waals surface area (Å²) in [7, 11) is 0. The Morgan fingerprint density at radius 2 is 1.90 bits per heavy atom. The van der Waals surface area contributed by atoms with Gasteiger partial charge in [0.05, 0.1) is 13.2 Å². The fraction of sp³-hybridized carbons (Fsp3) is 0.562. The maximum absolute atomic E-state index is 11.7. The van der Waals surface area contributed by atoms with Gasteiger partial charge >= 0.3 is 0 Å². The number of benzene rings is 1. The van der Waals surface area contributed by atoms with Crippen molar-refractivity contribution in [3.63, 3.8) is 0 Å². The topological polar surface area (TPSA) is 32.8 Å². The first-order valence-corrected chi connectivity index (χ1v) is 7.44. The molecule has 0 atom stereocenters. The van der Waals surface area contributed by atoms with Crippen molar-refractivity contribution in [3.8, 4) is 0 Å². The van der Waals surface area contributed by atoms with Crippen molar-refractivity contribution in [1.29, 1.82) is 0 Å². The molecule has 4 heteroatoms. The zero-order chi connectivity index (χ0) is 13.6. The third kappa shape index (κ3) is 2.03. The van der Waals surface area contributed by atoms with Crippen LogP contribution in [-0.2, 0) is 16.1 Å². The van der Waals surface area contributed by atoms with Gasteiger partial charge in [-0.05, 0) is 24.1 Å². The molecular formula is C16H20N2O2. The molecule has 0 bridgehead atoms. The molecule has 4 nitrogen and oxygen atoms in total. The first-order valence-electron chi connectivity index (χ1n) is 7.44. The first kappa shape index (κ1) is 12.4. The van der Waals surface area contributed by atoms with E-state index in [4.69, 9.17) is 4.74 Å². The molecule has 3 aliphatic heterocycles. The number of amides is 1. The highest BCUT2D eigenvalue weighted by Crippen LogP contribution is 2.38. The summed E-state index contributed by atoms with van der Waals surface area (Å²) in [6.45, 7) is 6.10. The van der Waals surface area contributed by atoms with Crippen molar-refractivity contribution < 1.29 is 9.53 Å². The lowest BCUT2D eigenvalue weighted by Gasteiger charge is -2.55. The van der Waals surface area contributed by atoms with Crippen molar-refractivity contribution in [3.05, 3.63) is 29.8 Å². The molecule has 0 N–H and O–H groups in total. The number of carbonyl (C=O) groups excluding carboxylic acids is 1. The molecule has 20 heavy (non-hydrogen) atoms. The van der Waals surface area contributed by atoms with E-state index < -0.39 is 0 Å². The van der Waals surface area contributed by atoms with E-state index in [-0.39, 0.29) is 5.91 Å². The van der Waals surface area contributed by atoms with Crippen molar-refractivity contribution in [2.45, 2.75) is 19.4 Å². The summed E-state index contributed by atoms with van der Waals surface area (Å²) in [5, 5.41) is 0. The van der Waals surface area contributed by atoms with Crippen LogP contribution in [0.2, 0.25) is 0 Å². The van der Waals surface area contributed by atoms with E-state index in [1.54, 1.807) is 0 Å². The fourth-order valence-corrected chi connectivity index (χ4v) is 3.55. The van der Waals surface area contributed by atoms with Gasteiger partial charge < -0.3 is 9.64 Å². The minimum absolute atomic E-state index is 0.257. The Labute approximate surface area is 119 Å². The molecule has 0 aliphatic carbocycles. The minimum Gasteiger partial charge on any atom is -0.380 e. The molecule has 1 aromatic rings. The number of nitrogens with zero attached hydrogens (tertiary/aromatic N) is 2. The van der Waals surface area contributed by atoms with Crippen LogP contribution in [0.15, 0.2) is 24.3 Å². The lowest BCUT2D eigenvalue weighted by atomic mass is 9.78. The van der Waals surface area contributed by atoms with Crippen LogP contribution in [0.1, 0.15) is 18.4 Å². The molecule has 4 rings (SSSR count). The van der Waals surface area contributed by atoms with Gasteiger partial charge in [-0.15, -0.1) is 0 Å². The lowest BCUT2D eigenvalue weighted by Crippen LogP contribution is -2.65. The molecule has 3 aliphatic rings. The van der Waals surface area contributed by atoms with Crippen LogP contribution in [0.5, 0.6) is 0 Å². The van der Waals surface area contributed by atoms with Crippen LogP contribution in [0, 0.1) is 5.41 Å². The number of likely N-dealkylation sites (tertiary alicyclic amines) is 1. The average Bonchev–Trinajstić information content (AvgIpc) is 2.78. The van der Waals surface area contributed by atoms with E-state index in [9.17, 15) is 4.79 Å². The number of carbonyl (C=O) groups is 1. The molecule has 3 heterocycles. The van der Waals surface area contributed by atoms with Gasteiger partial charge in [0.1, 0.15) is 0 Å². The smallest absolute Gasteiger partial charge is 0.227 e. The van der Waals surface area contributed by atoms with Gasteiger partial charge in [0.25, 0.3) is 0 Å². The van der Waals surface area contributed by atoms with E-state index >= 15 is 0 Å². The van der Waals surface area contributed by atoms with Crippen LogP contribution in [0.25, 0.3) is 0 Å². The third-order valence-electron chi connectivity index (χ3n) is 4.66. The number of hydrogen-bond donors (Lipinski definition) is 0. The van der Waals surface area contributed by atoms with Crippen LogP contribution in [-0.4, -0.2) is 43.7 Å². The van der Waals surface area contributed by atoms with Crippen LogP contribution >= 0.6 is 0 Å². The van der Waals surface area contributed by atoms with Crippen molar-refractivity contribution in [1.82, 2.24) is 4.90 Å². The molecule has 106 valence electrons. The van der Waals surface area contributed by atoms with Gasteiger partial charge in [-0.1, -0.05) is 12.1 Å². The van der Waals surface area contributed by atoms with Crippen LogP contribution < -0.4 is 4.90 Å². The monoisotopic (exact) mass is 272 g/mol. The highest BCUT2D eigenvalue weighted by atomic mass is 16.5. The van der Waals surface area contributed by atoms with Gasteiger partial charge in [0.2, 0.25) is 5.91 Å². The fourth-order valence-electron chi connectivity index (χ4n) is 3.55. The standard InChI is InChI=1S/C16H20N2O2/c19-15-2-1-7-18(15)14-5-3-13(4-6-14)8-17-9-16(10-17)11-20-12-16/h3-6H,1-2,7-12H2. The van der Waals surface area contributed by atoms with Crippen molar-refractivity contribution >= 4 is 11.6 Å². The van der Waals surface area contributed by atoms with E-state index in [1.165, 1.54) is 18.7 Å². The molecule has 1 spiro atoms. The second kappa shape index (κ2) is 4.57. The summed E-state index contributed by atoms with van der Waals surface area (Å²) in [5.74, 6) is 0.257. The predicted molar refractivity (Wildman–Crippen MR) is 76.6 cm³/mol. The predicted octanol–water partition coefficient (Wildman–Crippen LogP) is 1.65. The van der Waals surface area contributed by atoms with Crippen molar-refractivity contribution in [2.75, 3.05) is 37.7 Å².